The second-order valence-electron chi connectivity index (χ2n) is 9.07. The van der Waals surface area contributed by atoms with Gasteiger partial charge in [0.1, 0.15) is 0 Å². The van der Waals surface area contributed by atoms with Crippen LogP contribution in [0.4, 0.5) is 0 Å². The fourth-order valence-electron chi connectivity index (χ4n) is 3.62. The van der Waals surface area contributed by atoms with Crippen molar-refractivity contribution < 1.29 is 55.0 Å². The molecule has 17 heteroatoms. The van der Waals surface area contributed by atoms with Crippen molar-refractivity contribution in [3.63, 3.8) is 0 Å². The van der Waals surface area contributed by atoms with Gasteiger partial charge in [-0.25, -0.2) is 0 Å². The molecule has 0 saturated heterocycles. The third kappa shape index (κ3) is 19.4. The molecule has 0 amide bonds. The SMILES string of the molecule is CCCC(SSSC(CCC)[Si](OCCOC)(OCCOC)OCCOC)[Si](OCCOC)(OCCOC)OCCOC. The first kappa shape index (κ1) is 44.0. The van der Waals surface area contributed by atoms with Gasteiger partial charge in [-0.3, -0.25) is 0 Å². The minimum Gasteiger partial charge on any atom is -0.382 e. The summed E-state index contributed by atoms with van der Waals surface area (Å²) in [5.74, 6) is 0. The van der Waals surface area contributed by atoms with Crippen LogP contribution in [0.5, 0.6) is 0 Å². The molecule has 0 spiro atoms. The van der Waals surface area contributed by atoms with Crippen LogP contribution in [0.3, 0.4) is 0 Å². The summed E-state index contributed by atoms with van der Waals surface area (Å²) >= 11 is 0. The summed E-state index contributed by atoms with van der Waals surface area (Å²) in [6.45, 7) is 9.10. The summed E-state index contributed by atoms with van der Waals surface area (Å²) in [6.07, 6.45) is 3.56. The molecule has 2 atom stereocenters. The van der Waals surface area contributed by atoms with Crippen LogP contribution in [-0.4, -0.2) is 149 Å². The van der Waals surface area contributed by atoms with Crippen molar-refractivity contribution in [2.45, 2.75) is 49.3 Å². The highest BCUT2D eigenvalue weighted by Gasteiger charge is 2.53. The molecule has 12 nitrogen and oxygen atoms in total. The molecule has 43 heavy (non-hydrogen) atoms. The normalized spacial score (nSPS) is 14.0. The zero-order chi connectivity index (χ0) is 32.1. The number of hydrogen-bond acceptors (Lipinski definition) is 15. The molecular weight excluding hydrogens is 657 g/mol. The molecule has 0 rings (SSSR count). The summed E-state index contributed by atoms with van der Waals surface area (Å²) in [5, 5.41) is 0. The lowest BCUT2D eigenvalue weighted by Crippen LogP contribution is -2.57. The smallest absolute Gasteiger partial charge is 0.382 e. The Bertz CT molecular complexity index is 507. The predicted octanol–water partition coefficient (Wildman–Crippen LogP) is 4.29. The van der Waals surface area contributed by atoms with Crippen LogP contribution >= 0.6 is 31.4 Å². The van der Waals surface area contributed by atoms with E-state index in [1.165, 1.54) is 0 Å². The minimum absolute atomic E-state index is 0.0443. The van der Waals surface area contributed by atoms with Gasteiger partial charge in [0.15, 0.2) is 0 Å². The number of rotatable bonds is 34. The molecule has 0 bridgehead atoms. The standard InChI is InChI=1S/C26H58O12S3Si2/c1-9-11-25(42(33-19-13-27-3,34-20-14-28-4)35-21-15-29-5)39-41-40-26(12-10-2)43(36-22-16-30-6,37-23-17-31-7)38-24-18-32-8/h25-26H,9-24H2,1-8H3. The van der Waals surface area contributed by atoms with Gasteiger partial charge in [-0.2, -0.15) is 0 Å². The highest BCUT2D eigenvalue weighted by Crippen LogP contribution is 2.48. The molecule has 0 radical (unpaired) electrons. The molecule has 0 aliphatic carbocycles. The van der Waals surface area contributed by atoms with E-state index in [4.69, 9.17) is 55.0 Å². The van der Waals surface area contributed by atoms with Crippen molar-refractivity contribution in [3.8, 4) is 0 Å². The molecule has 0 aliphatic rings. The maximum atomic E-state index is 6.45. The van der Waals surface area contributed by atoms with Gasteiger partial charge in [-0.1, -0.05) is 48.3 Å². The van der Waals surface area contributed by atoms with Crippen LogP contribution in [0.25, 0.3) is 0 Å². The predicted molar refractivity (Wildman–Crippen MR) is 179 cm³/mol. The average Bonchev–Trinajstić information content (AvgIpc) is 3.00. The monoisotopic (exact) mass is 714 g/mol. The molecule has 0 saturated carbocycles. The van der Waals surface area contributed by atoms with Crippen LogP contribution < -0.4 is 0 Å². The Labute approximate surface area is 274 Å². The van der Waals surface area contributed by atoms with E-state index >= 15 is 0 Å². The fourth-order valence-corrected chi connectivity index (χ4v) is 19.4. The summed E-state index contributed by atoms with van der Waals surface area (Å²) in [7, 11) is 8.56. The highest BCUT2D eigenvalue weighted by atomic mass is 33.5. The molecular formula is C26H58O12S3Si2. The largest absolute Gasteiger partial charge is 0.515 e. The molecule has 0 N–H and O–H groups in total. The highest BCUT2D eigenvalue weighted by molar-refractivity contribution is 9.09. The Morgan fingerprint density at radius 1 is 0.395 bits per heavy atom. The summed E-state index contributed by atoms with van der Waals surface area (Å²) in [4.78, 5) is -0.0886. The van der Waals surface area contributed by atoms with Crippen LogP contribution in [0.2, 0.25) is 0 Å². The maximum Gasteiger partial charge on any atom is 0.515 e. The van der Waals surface area contributed by atoms with Crippen molar-refractivity contribution >= 4 is 49.0 Å². The number of methoxy groups -OCH3 is 6. The Morgan fingerprint density at radius 2 is 0.628 bits per heavy atom. The molecule has 260 valence electrons. The van der Waals surface area contributed by atoms with Crippen molar-refractivity contribution in [2.24, 2.45) is 0 Å². The lowest BCUT2D eigenvalue weighted by Gasteiger charge is -2.37. The Morgan fingerprint density at radius 3 is 0.814 bits per heavy atom. The Kier molecular flexibility index (Phi) is 31.1. The van der Waals surface area contributed by atoms with E-state index in [2.05, 4.69) is 13.8 Å². The van der Waals surface area contributed by atoms with E-state index in [0.29, 0.717) is 79.3 Å². The van der Waals surface area contributed by atoms with Gasteiger partial charge in [0.25, 0.3) is 0 Å². The molecule has 0 aromatic rings. The van der Waals surface area contributed by atoms with Crippen LogP contribution in [0.1, 0.15) is 39.5 Å². The van der Waals surface area contributed by atoms with Crippen molar-refractivity contribution in [1.29, 1.82) is 0 Å². The van der Waals surface area contributed by atoms with Crippen LogP contribution in [-0.2, 0) is 55.0 Å². The van der Waals surface area contributed by atoms with E-state index in [0.717, 1.165) is 25.7 Å². The average molecular weight is 715 g/mol. The van der Waals surface area contributed by atoms with Gasteiger partial charge in [-0.15, -0.1) is 0 Å². The molecule has 0 aromatic carbocycles. The molecule has 2 unspecified atom stereocenters. The lowest BCUT2D eigenvalue weighted by molar-refractivity contribution is 0.0128. The summed E-state index contributed by atoms with van der Waals surface area (Å²) in [6, 6.07) is 0. The fraction of sp³-hybridized carbons (Fsp3) is 1.00. The zero-order valence-electron chi connectivity index (χ0n) is 27.6. The van der Waals surface area contributed by atoms with E-state index in [1.54, 1.807) is 74.1 Å². The second kappa shape index (κ2) is 30.3. The minimum atomic E-state index is -3.21. The van der Waals surface area contributed by atoms with Crippen molar-refractivity contribution in [1.82, 2.24) is 0 Å². The second-order valence-corrected chi connectivity index (χ2v) is 19.9. The summed E-state index contributed by atoms with van der Waals surface area (Å²) in [5.41, 5.74) is 0. The quantitative estimate of drug-likeness (QED) is 0.0537. The molecule has 0 aromatic heterocycles. The molecule has 0 heterocycles. The van der Waals surface area contributed by atoms with E-state index in [-0.39, 0.29) is 9.75 Å². The first-order valence-electron chi connectivity index (χ1n) is 14.8. The van der Waals surface area contributed by atoms with Gasteiger partial charge < -0.3 is 55.0 Å². The summed E-state index contributed by atoms with van der Waals surface area (Å²) < 4.78 is 70.4. The third-order valence-corrected chi connectivity index (χ3v) is 19.4. The first-order valence-corrected chi connectivity index (χ1v) is 22.0. The van der Waals surface area contributed by atoms with E-state index < -0.39 is 17.6 Å². The van der Waals surface area contributed by atoms with Crippen molar-refractivity contribution in [3.05, 3.63) is 0 Å². The van der Waals surface area contributed by atoms with Gasteiger partial charge in [0, 0.05) is 42.7 Å². The molecule has 0 fully saturated rings. The van der Waals surface area contributed by atoms with E-state index in [1.807, 2.05) is 0 Å². The maximum absolute atomic E-state index is 6.45. The topological polar surface area (TPSA) is 111 Å². The van der Waals surface area contributed by atoms with Gasteiger partial charge in [0.2, 0.25) is 0 Å². The molecule has 0 aliphatic heterocycles. The van der Waals surface area contributed by atoms with Gasteiger partial charge >= 0.3 is 17.6 Å². The number of hydrogen-bond donors (Lipinski definition) is 0. The van der Waals surface area contributed by atoms with E-state index in [9.17, 15) is 0 Å². The Hall–Kier alpha value is 1.00. The first-order chi connectivity index (χ1) is 21.0. The number of ether oxygens (including phenoxy) is 6. The van der Waals surface area contributed by atoms with Crippen LogP contribution in [0, 0.1) is 0 Å². The lowest BCUT2D eigenvalue weighted by atomic mass is 10.4. The van der Waals surface area contributed by atoms with Crippen LogP contribution in [0.15, 0.2) is 0 Å². The zero-order valence-corrected chi connectivity index (χ0v) is 32.0. The van der Waals surface area contributed by atoms with Gasteiger partial charge in [-0.05, 0) is 22.7 Å². The van der Waals surface area contributed by atoms with Gasteiger partial charge in [0.05, 0.1) is 89.0 Å². The third-order valence-electron chi connectivity index (χ3n) is 5.75. The Balaban J connectivity index is 6.13. The van der Waals surface area contributed by atoms with Crippen molar-refractivity contribution in [2.75, 3.05) is 122 Å².